The molecule has 0 heterocycles. The summed E-state index contributed by atoms with van der Waals surface area (Å²) in [6.07, 6.45) is 1.84. The quantitative estimate of drug-likeness (QED) is 0.594. The molecule has 1 atom stereocenters. The van der Waals surface area contributed by atoms with E-state index >= 15 is 0 Å². The lowest BCUT2D eigenvalue weighted by molar-refractivity contribution is -0.142. The van der Waals surface area contributed by atoms with Crippen molar-refractivity contribution in [2.75, 3.05) is 13.2 Å². The van der Waals surface area contributed by atoms with Crippen molar-refractivity contribution in [3.05, 3.63) is 65.0 Å². The molecular formula is C24H31FN2O3. The average Bonchev–Trinajstić information content (AvgIpc) is 2.73. The number of halogens is 1. The van der Waals surface area contributed by atoms with Gasteiger partial charge in [0.2, 0.25) is 5.91 Å². The van der Waals surface area contributed by atoms with Gasteiger partial charge >= 0.3 is 0 Å². The summed E-state index contributed by atoms with van der Waals surface area (Å²) in [5.74, 6) is -0.269. The normalized spacial score (nSPS) is 11.6. The highest BCUT2D eigenvalue weighted by Crippen LogP contribution is 2.17. The van der Waals surface area contributed by atoms with Crippen molar-refractivity contribution in [1.29, 1.82) is 0 Å². The second kappa shape index (κ2) is 11.3. The molecule has 0 fully saturated rings. The molecule has 0 saturated carbocycles. The fraction of sp³-hybridized carbons (Fsp3) is 0.417. The Kier molecular flexibility index (Phi) is 8.84. The highest BCUT2D eigenvalue weighted by molar-refractivity contribution is 5.87. The molecule has 1 N–H and O–H groups in total. The molecule has 30 heavy (non-hydrogen) atoms. The minimum Gasteiger partial charge on any atom is -0.484 e. The summed E-state index contributed by atoms with van der Waals surface area (Å²) in [5.41, 5.74) is 2.96. The maximum Gasteiger partial charge on any atom is 0.261 e. The number of hydrogen-bond acceptors (Lipinski definition) is 3. The molecule has 0 aliphatic rings. The second-order valence-corrected chi connectivity index (χ2v) is 7.50. The fourth-order valence-electron chi connectivity index (χ4n) is 2.94. The molecule has 0 aliphatic carbocycles. The molecule has 1 unspecified atom stereocenters. The third-order valence-electron chi connectivity index (χ3n) is 5.10. The smallest absolute Gasteiger partial charge is 0.261 e. The summed E-state index contributed by atoms with van der Waals surface area (Å²) in [7, 11) is 0. The van der Waals surface area contributed by atoms with Gasteiger partial charge in [-0.05, 0) is 68.1 Å². The molecule has 0 aromatic heterocycles. The molecule has 162 valence electrons. The Morgan fingerprint density at radius 3 is 2.43 bits per heavy atom. The summed E-state index contributed by atoms with van der Waals surface area (Å²) in [6.45, 7) is 8.30. The first-order valence-electron chi connectivity index (χ1n) is 10.3. The number of ether oxygens (including phenoxy) is 1. The largest absolute Gasteiger partial charge is 0.484 e. The maximum absolute atomic E-state index is 13.2. The van der Waals surface area contributed by atoms with Gasteiger partial charge in [-0.2, -0.15) is 0 Å². The molecule has 0 saturated heterocycles. The van der Waals surface area contributed by atoms with Crippen LogP contribution in [0.25, 0.3) is 0 Å². The van der Waals surface area contributed by atoms with E-state index in [0.717, 1.165) is 29.5 Å². The highest BCUT2D eigenvalue weighted by Gasteiger charge is 2.26. The second-order valence-electron chi connectivity index (χ2n) is 7.50. The lowest BCUT2D eigenvalue weighted by Gasteiger charge is -2.28. The van der Waals surface area contributed by atoms with Gasteiger partial charge in [-0.15, -0.1) is 0 Å². The number of hydrogen-bond donors (Lipinski definition) is 1. The highest BCUT2D eigenvalue weighted by atomic mass is 19.1. The van der Waals surface area contributed by atoms with Gasteiger partial charge in [-0.3, -0.25) is 9.59 Å². The van der Waals surface area contributed by atoms with Gasteiger partial charge < -0.3 is 15.0 Å². The van der Waals surface area contributed by atoms with E-state index in [1.165, 1.54) is 17.0 Å². The van der Waals surface area contributed by atoms with Crippen LogP contribution in [0.3, 0.4) is 0 Å². The van der Waals surface area contributed by atoms with Crippen LogP contribution in [0.2, 0.25) is 0 Å². The van der Waals surface area contributed by atoms with E-state index in [9.17, 15) is 14.0 Å². The van der Waals surface area contributed by atoms with Crippen molar-refractivity contribution in [3.8, 4) is 5.75 Å². The van der Waals surface area contributed by atoms with Gasteiger partial charge in [-0.1, -0.05) is 31.5 Å². The Hall–Kier alpha value is -2.89. The molecule has 5 nitrogen and oxygen atoms in total. The van der Waals surface area contributed by atoms with Crippen LogP contribution < -0.4 is 10.1 Å². The minimum atomic E-state index is -0.678. The zero-order valence-corrected chi connectivity index (χ0v) is 18.2. The first kappa shape index (κ1) is 23.4. The van der Waals surface area contributed by atoms with E-state index in [4.69, 9.17) is 4.74 Å². The number of nitrogens with zero attached hydrogens (tertiary/aromatic N) is 1. The summed E-state index contributed by atoms with van der Waals surface area (Å²) in [4.78, 5) is 27.0. The lowest BCUT2D eigenvalue weighted by Crippen LogP contribution is -2.49. The number of aryl methyl sites for hydroxylation is 2. The number of amides is 2. The SMILES string of the molecule is CCCCNC(=O)C(C)N(Cc1ccc(F)cc1)C(=O)COc1ccc(C)c(C)c1. The van der Waals surface area contributed by atoms with Crippen LogP contribution in [-0.4, -0.2) is 35.9 Å². The van der Waals surface area contributed by atoms with E-state index < -0.39 is 6.04 Å². The van der Waals surface area contributed by atoms with Gasteiger partial charge in [0.15, 0.2) is 6.61 Å². The van der Waals surface area contributed by atoms with E-state index in [1.807, 2.05) is 39.0 Å². The molecular weight excluding hydrogens is 383 g/mol. The van der Waals surface area contributed by atoms with Crippen LogP contribution in [0, 0.1) is 19.7 Å². The zero-order chi connectivity index (χ0) is 22.1. The average molecular weight is 415 g/mol. The van der Waals surface area contributed by atoms with Gasteiger partial charge in [0.05, 0.1) is 0 Å². The first-order valence-corrected chi connectivity index (χ1v) is 10.3. The minimum absolute atomic E-state index is 0.184. The van der Waals surface area contributed by atoms with E-state index in [1.54, 1.807) is 19.1 Å². The summed E-state index contributed by atoms with van der Waals surface area (Å²) in [5, 5.41) is 2.87. The molecule has 0 aliphatic heterocycles. The standard InChI is InChI=1S/C24H31FN2O3/c1-5-6-13-26-24(29)19(4)27(15-20-8-10-21(25)11-9-20)23(28)16-30-22-12-7-17(2)18(3)14-22/h7-12,14,19H,5-6,13,15-16H2,1-4H3,(H,26,29). The molecule has 2 aromatic rings. The van der Waals surface area contributed by atoms with Crippen LogP contribution in [-0.2, 0) is 16.1 Å². The fourth-order valence-corrected chi connectivity index (χ4v) is 2.94. The topological polar surface area (TPSA) is 58.6 Å². The van der Waals surface area contributed by atoms with Crippen molar-refractivity contribution in [1.82, 2.24) is 10.2 Å². The molecule has 2 rings (SSSR count). The van der Waals surface area contributed by atoms with Crippen LogP contribution in [0.15, 0.2) is 42.5 Å². The first-order chi connectivity index (χ1) is 14.3. The van der Waals surface area contributed by atoms with Crippen LogP contribution >= 0.6 is 0 Å². The van der Waals surface area contributed by atoms with Crippen LogP contribution in [0.5, 0.6) is 5.75 Å². The Labute approximate surface area is 178 Å². The summed E-state index contributed by atoms with van der Waals surface area (Å²) in [6, 6.07) is 10.9. The maximum atomic E-state index is 13.2. The Morgan fingerprint density at radius 2 is 1.80 bits per heavy atom. The Morgan fingerprint density at radius 1 is 1.10 bits per heavy atom. The molecule has 6 heteroatoms. The van der Waals surface area contributed by atoms with Crippen molar-refractivity contribution >= 4 is 11.8 Å². The number of benzene rings is 2. The van der Waals surface area contributed by atoms with Crippen LogP contribution in [0.4, 0.5) is 4.39 Å². The monoisotopic (exact) mass is 414 g/mol. The van der Waals surface area contributed by atoms with Gasteiger partial charge in [0.1, 0.15) is 17.6 Å². The van der Waals surface area contributed by atoms with Gasteiger partial charge in [0.25, 0.3) is 5.91 Å². The van der Waals surface area contributed by atoms with E-state index in [-0.39, 0.29) is 30.8 Å². The molecule has 2 aromatic carbocycles. The number of carbonyl (C=O) groups is 2. The lowest BCUT2D eigenvalue weighted by atomic mass is 10.1. The molecule has 0 bridgehead atoms. The molecule has 2 amide bonds. The molecule has 0 radical (unpaired) electrons. The number of nitrogens with one attached hydrogen (secondary N) is 1. The predicted molar refractivity (Wildman–Crippen MR) is 116 cm³/mol. The van der Waals surface area contributed by atoms with Crippen LogP contribution in [0.1, 0.15) is 43.4 Å². The van der Waals surface area contributed by atoms with E-state index in [0.29, 0.717) is 12.3 Å². The van der Waals surface area contributed by atoms with Gasteiger partial charge in [0, 0.05) is 13.1 Å². The number of rotatable bonds is 10. The van der Waals surface area contributed by atoms with Crippen molar-refractivity contribution < 1.29 is 18.7 Å². The Balaban J connectivity index is 2.11. The number of unbranched alkanes of at least 4 members (excludes halogenated alkanes) is 1. The van der Waals surface area contributed by atoms with Crippen molar-refractivity contribution in [2.24, 2.45) is 0 Å². The van der Waals surface area contributed by atoms with E-state index in [2.05, 4.69) is 5.32 Å². The van der Waals surface area contributed by atoms with Crippen molar-refractivity contribution in [3.63, 3.8) is 0 Å². The Bertz CT molecular complexity index is 852. The third-order valence-corrected chi connectivity index (χ3v) is 5.10. The third kappa shape index (κ3) is 6.87. The van der Waals surface area contributed by atoms with Gasteiger partial charge in [-0.25, -0.2) is 4.39 Å². The predicted octanol–water partition coefficient (Wildman–Crippen LogP) is 4.15. The number of carbonyl (C=O) groups excluding carboxylic acids is 2. The molecule has 0 spiro atoms. The zero-order valence-electron chi connectivity index (χ0n) is 18.2. The van der Waals surface area contributed by atoms with Crippen molar-refractivity contribution in [2.45, 2.75) is 53.1 Å². The summed E-state index contributed by atoms with van der Waals surface area (Å²) >= 11 is 0. The summed E-state index contributed by atoms with van der Waals surface area (Å²) < 4.78 is 18.9.